The Kier molecular flexibility index (Phi) is 3.88. The van der Waals surface area contributed by atoms with E-state index in [2.05, 4.69) is 0 Å². The molecular formula is C12H16N2O4S. The van der Waals surface area contributed by atoms with Crippen molar-refractivity contribution in [2.75, 3.05) is 13.1 Å². The Morgan fingerprint density at radius 1 is 1.37 bits per heavy atom. The quantitative estimate of drug-likeness (QED) is 0.786. The van der Waals surface area contributed by atoms with Gasteiger partial charge in [-0.2, -0.15) is 0 Å². The number of sulfonamides is 1. The number of benzene rings is 1. The van der Waals surface area contributed by atoms with Gasteiger partial charge in [0.05, 0.1) is 12.6 Å². The van der Waals surface area contributed by atoms with Crippen molar-refractivity contribution in [3.63, 3.8) is 0 Å². The molecular weight excluding hydrogens is 268 g/mol. The molecule has 1 saturated heterocycles. The van der Waals surface area contributed by atoms with E-state index in [9.17, 15) is 18.3 Å². The molecule has 0 spiro atoms. The van der Waals surface area contributed by atoms with Gasteiger partial charge in [0.2, 0.25) is 15.9 Å². The van der Waals surface area contributed by atoms with Gasteiger partial charge >= 0.3 is 0 Å². The van der Waals surface area contributed by atoms with E-state index in [1.807, 2.05) is 6.07 Å². The fourth-order valence-corrected chi connectivity index (χ4v) is 2.88. The number of β-amino-alcohol motifs (C(OH)–C–C–N with tert-alkyl or cyclic N) is 1. The largest absolute Gasteiger partial charge is 0.387 e. The molecule has 19 heavy (non-hydrogen) atoms. The molecule has 6 nitrogen and oxygen atoms in total. The lowest BCUT2D eigenvalue weighted by Gasteiger charge is -2.20. The van der Waals surface area contributed by atoms with E-state index in [1.54, 1.807) is 24.3 Å². The molecule has 1 amide bonds. The van der Waals surface area contributed by atoms with Crippen LogP contribution in [0.4, 0.5) is 0 Å². The molecule has 0 aromatic heterocycles. The van der Waals surface area contributed by atoms with Crippen LogP contribution in [-0.2, 0) is 14.8 Å². The maximum Gasteiger partial charge on any atom is 0.224 e. The van der Waals surface area contributed by atoms with Crippen molar-refractivity contribution in [2.45, 2.75) is 17.8 Å². The van der Waals surface area contributed by atoms with Gasteiger partial charge in [-0.25, -0.2) is 13.6 Å². The summed E-state index contributed by atoms with van der Waals surface area (Å²) in [6, 6.07) is 8.91. The minimum Gasteiger partial charge on any atom is -0.387 e. The molecule has 2 atom stereocenters. The number of hydrogen-bond donors (Lipinski definition) is 2. The van der Waals surface area contributed by atoms with E-state index in [4.69, 9.17) is 5.14 Å². The Morgan fingerprint density at radius 2 is 2.00 bits per heavy atom. The van der Waals surface area contributed by atoms with E-state index in [-0.39, 0.29) is 25.4 Å². The topological polar surface area (TPSA) is 101 Å². The first-order valence-corrected chi connectivity index (χ1v) is 7.51. The molecule has 1 aromatic rings. The fraction of sp³-hybridized carbons (Fsp3) is 0.417. The molecule has 104 valence electrons. The molecule has 1 aliphatic rings. The van der Waals surface area contributed by atoms with Crippen molar-refractivity contribution in [2.24, 2.45) is 5.14 Å². The molecule has 1 unspecified atom stereocenters. The van der Waals surface area contributed by atoms with Gasteiger partial charge in [-0.05, 0) is 5.56 Å². The average molecular weight is 284 g/mol. The normalized spacial score (nSPS) is 21.7. The Hall–Kier alpha value is -1.44. The van der Waals surface area contributed by atoms with Gasteiger partial charge in [0, 0.05) is 13.0 Å². The van der Waals surface area contributed by atoms with Gasteiger partial charge in [0.15, 0.2) is 0 Å². The number of nitrogens with zero attached hydrogens (tertiary/aromatic N) is 1. The van der Waals surface area contributed by atoms with Crippen molar-refractivity contribution in [1.82, 2.24) is 4.90 Å². The number of aliphatic hydroxyl groups excluding tert-OH is 1. The molecule has 1 heterocycles. The molecule has 7 heteroatoms. The summed E-state index contributed by atoms with van der Waals surface area (Å²) in [5, 5.41) is 14.2. The van der Waals surface area contributed by atoms with Crippen LogP contribution in [0.2, 0.25) is 0 Å². The molecule has 0 aliphatic carbocycles. The number of likely N-dealkylation sites (tertiary alicyclic amines) is 1. The number of aliphatic hydroxyl groups is 1. The van der Waals surface area contributed by atoms with Crippen molar-refractivity contribution in [3.05, 3.63) is 35.9 Å². The molecule has 0 saturated carbocycles. The first-order valence-electron chi connectivity index (χ1n) is 5.90. The third-order valence-corrected chi connectivity index (χ3v) is 4.47. The van der Waals surface area contributed by atoms with Crippen LogP contribution in [0.1, 0.15) is 18.1 Å². The van der Waals surface area contributed by atoms with Crippen molar-refractivity contribution in [1.29, 1.82) is 0 Å². The van der Waals surface area contributed by atoms with Gasteiger partial charge in [-0.1, -0.05) is 30.3 Å². The minimum absolute atomic E-state index is 0.0432. The summed E-state index contributed by atoms with van der Waals surface area (Å²) < 4.78 is 22.4. The number of carbonyl (C=O) groups is 1. The summed E-state index contributed by atoms with van der Waals surface area (Å²) in [7, 11) is -3.71. The van der Waals surface area contributed by atoms with Gasteiger partial charge < -0.3 is 10.0 Å². The number of rotatable bonds is 4. The lowest BCUT2D eigenvalue weighted by atomic mass is 10.1. The number of carbonyl (C=O) groups excluding carboxylic acids is 1. The Labute approximate surface area is 111 Å². The predicted molar refractivity (Wildman–Crippen MR) is 69.5 cm³/mol. The highest BCUT2D eigenvalue weighted by Crippen LogP contribution is 2.20. The lowest BCUT2D eigenvalue weighted by Crippen LogP contribution is -2.34. The lowest BCUT2D eigenvalue weighted by molar-refractivity contribution is -0.128. The Morgan fingerprint density at radius 3 is 2.53 bits per heavy atom. The summed E-state index contributed by atoms with van der Waals surface area (Å²) in [5.41, 5.74) is 0.689. The van der Waals surface area contributed by atoms with Gasteiger partial charge in [0.1, 0.15) is 5.25 Å². The van der Waals surface area contributed by atoms with E-state index in [0.29, 0.717) is 5.56 Å². The van der Waals surface area contributed by atoms with E-state index in [1.165, 1.54) is 4.90 Å². The Balaban J connectivity index is 2.03. The molecule has 2 rings (SSSR count). The van der Waals surface area contributed by atoms with Crippen molar-refractivity contribution < 1.29 is 18.3 Å². The summed E-state index contributed by atoms with van der Waals surface area (Å²) in [6.45, 7) is 0.121. The molecule has 0 bridgehead atoms. The van der Waals surface area contributed by atoms with Crippen LogP contribution in [0.3, 0.4) is 0 Å². The number of nitrogens with two attached hydrogens (primary N) is 1. The number of hydrogen-bond acceptors (Lipinski definition) is 4. The summed E-state index contributed by atoms with van der Waals surface area (Å²) in [4.78, 5) is 13.0. The second-order valence-electron chi connectivity index (χ2n) is 4.64. The third-order valence-electron chi connectivity index (χ3n) is 3.22. The summed E-state index contributed by atoms with van der Waals surface area (Å²) in [6.07, 6.45) is -0.940. The summed E-state index contributed by atoms with van der Waals surface area (Å²) in [5.74, 6) is -0.297. The molecule has 3 N–H and O–H groups in total. The Bertz CT molecular complexity index is 558. The maximum absolute atomic E-state index is 11.7. The smallest absolute Gasteiger partial charge is 0.224 e. The second kappa shape index (κ2) is 5.28. The molecule has 0 radical (unpaired) electrons. The molecule has 1 aromatic carbocycles. The van der Waals surface area contributed by atoms with E-state index >= 15 is 0 Å². The zero-order chi connectivity index (χ0) is 14.0. The summed E-state index contributed by atoms with van der Waals surface area (Å²) >= 11 is 0. The van der Waals surface area contributed by atoms with Crippen LogP contribution in [0, 0.1) is 0 Å². The second-order valence-corrected chi connectivity index (χ2v) is 6.49. The highest BCUT2D eigenvalue weighted by Gasteiger charge is 2.37. The van der Waals surface area contributed by atoms with Crippen LogP contribution in [0.25, 0.3) is 0 Å². The van der Waals surface area contributed by atoms with Gasteiger partial charge in [0.25, 0.3) is 0 Å². The molecule has 1 fully saturated rings. The van der Waals surface area contributed by atoms with Gasteiger partial charge in [-0.3, -0.25) is 4.79 Å². The van der Waals surface area contributed by atoms with Gasteiger partial charge in [-0.15, -0.1) is 0 Å². The zero-order valence-corrected chi connectivity index (χ0v) is 11.1. The van der Waals surface area contributed by atoms with Crippen molar-refractivity contribution in [3.8, 4) is 0 Å². The van der Waals surface area contributed by atoms with Crippen LogP contribution >= 0.6 is 0 Å². The van der Waals surface area contributed by atoms with Crippen LogP contribution in [0.5, 0.6) is 0 Å². The van der Waals surface area contributed by atoms with E-state index < -0.39 is 21.4 Å². The van der Waals surface area contributed by atoms with Crippen LogP contribution in [0.15, 0.2) is 30.3 Å². The zero-order valence-electron chi connectivity index (χ0n) is 10.3. The number of primary sulfonamides is 1. The molecule has 1 aliphatic heterocycles. The minimum atomic E-state index is -3.71. The SMILES string of the molecule is NS(=O)(=O)C1CC(=O)N(C[C@@H](O)c2ccccc2)C1. The van der Waals surface area contributed by atoms with Crippen LogP contribution < -0.4 is 5.14 Å². The fourth-order valence-electron chi connectivity index (χ4n) is 2.12. The third kappa shape index (κ3) is 3.31. The van der Waals surface area contributed by atoms with Crippen LogP contribution in [-0.4, -0.2) is 42.7 Å². The van der Waals surface area contributed by atoms with E-state index in [0.717, 1.165) is 0 Å². The average Bonchev–Trinajstić information content (AvgIpc) is 2.72. The highest BCUT2D eigenvalue weighted by molar-refractivity contribution is 7.89. The number of amides is 1. The first-order chi connectivity index (χ1) is 8.88. The highest BCUT2D eigenvalue weighted by atomic mass is 32.2. The maximum atomic E-state index is 11.7. The standard InChI is InChI=1S/C12H16N2O4S/c13-19(17,18)10-6-12(16)14(7-10)8-11(15)9-4-2-1-3-5-9/h1-5,10-11,15H,6-8H2,(H2,13,17,18)/t10?,11-/m1/s1. The monoisotopic (exact) mass is 284 g/mol. The van der Waals surface area contributed by atoms with Crippen molar-refractivity contribution >= 4 is 15.9 Å². The first kappa shape index (κ1) is 14.0. The predicted octanol–water partition coefficient (Wildman–Crippen LogP) is -0.391.